The summed E-state index contributed by atoms with van der Waals surface area (Å²) in [6, 6.07) is 6.67. The molecule has 0 unspecified atom stereocenters. The molecule has 3 rings (SSSR count). The second kappa shape index (κ2) is 4.45. The fourth-order valence-corrected chi connectivity index (χ4v) is 2.56. The summed E-state index contributed by atoms with van der Waals surface area (Å²) < 4.78 is 24.6. The van der Waals surface area contributed by atoms with Crippen LogP contribution in [0, 0.1) is 5.92 Å². The van der Waals surface area contributed by atoms with Gasteiger partial charge in [0.25, 0.3) is 0 Å². The molecule has 0 bridgehead atoms. The summed E-state index contributed by atoms with van der Waals surface area (Å²) in [6.45, 7) is 0.925. The summed E-state index contributed by atoms with van der Waals surface area (Å²) in [5.74, 6) is 1.39. The molecular weight excluding hydrogens is 262 g/mol. The predicted molar refractivity (Wildman–Crippen MR) is 71.3 cm³/mol. The summed E-state index contributed by atoms with van der Waals surface area (Å²) in [6.07, 6.45) is 5.49. The minimum absolute atomic E-state index is 0.314. The zero-order valence-corrected chi connectivity index (χ0v) is 11.5. The Bertz CT molecular complexity index is 685. The SMILES string of the molecule is CS(=O)(=O)c1ccc(-c2ncn(CC3CC3)n2)cc1. The van der Waals surface area contributed by atoms with Crippen LogP contribution in [0.5, 0.6) is 0 Å². The Morgan fingerprint density at radius 3 is 2.53 bits per heavy atom. The van der Waals surface area contributed by atoms with Gasteiger partial charge in [0.15, 0.2) is 15.7 Å². The van der Waals surface area contributed by atoms with E-state index in [1.807, 2.05) is 4.68 Å². The van der Waals surface area contributed by atoms with Crippen molar-refractivity contribution in [1.29, 1.82) is 0 Å². The first-order valence-corrected chi connectivity index (χ1v) is 8.11. The molecule has 0 spiro atoms. The molecule has 0 atom stereocenters. The van der Waals surface area contributed by atoms with E-state index < -0.39 is 9.84 Å². The van der Waals surface area contributed by atoms with Crippen LogP contribution in [0.1, 0.15) is 12.8 Å². The molecule has 0 N–H and O–H groups in total. The Balaban J connectivity index is 1.83. The molecule has 1 aliphatic carbocycles. The van der Waals surface area contributed by atoms with Crippen molar-refractivity contribution in [3.8, 4) is 11.4 Å². The fourth-order valence-electron chi connectivity index (χ4n) is 1.93. The summed E-state index contributed by atoms with van der Waals surface area (Å²) >= 11 is 0. The van der Waals surface area contributed by atoms with Crippen LogP contribution in [0.25, 0.3) is 11.4 Å². The fraction of sp³-hybridized carbons (Fsp3) is 0.385. The van der Waals surface area contributed by atoms with Crippen molar-refractivity contribution in [3.05, 3.63) is 30.6 Å². The molecule has 1 aromatic heterocycles. The van der Waals surface area contributed by atoms with Crippen molar-refractivity contribution in [2.45, 2.75) is 24.3 Å². The second-order valence-corrected chi connectivity index (χ2v) is 7.05. The van der Waals surface area contributed by atoms with Crippen molar-refractivity contribution in [3.63, 3.8) is 0 Å². The summed E-state index contributed by atoms with van der Waals surface area (Å²) in [5, 5.41) is 4.41. The van der Waals surface area contributed by atoms with Crippen LogP contribution < -0.4 is 0 Å². The first-order valence-electron chi connectivity index (χ1n) is 6.22. The summed E-state index contributed by atoms with van der Waals surface area (Å²) in [7, 11) is -3.15. The zero-order valence-electron chi connectivity index (χ0n) is 10.7. The van der Waals surface area contributed by atoms with Crippen molar-refractivity contribution >= 4 is 9.84 Å². The lowest BCUT2D eigenvalue weighted by molar-refractivity contribution is 0.563. The standard InChI is InChI=1S/C13H15N3O2S/c1-19(17,18)12-6-4-11(5-7-12)13-14-9-16(15-13)8-10-2-3-10/h4-7,9-10H,2-3,8H2,1H3. The van der Waals surface area contributed by atoms with Gasteiger partial charge < -0.3 is 0 Å². The van der Waals surface area contributed by atoms with Crippen LogP contribution in [0.15, 0.2) is 35.5 Å². The molecule has 1 aliphatic rings. The highest BCUT2D eigenvalue weighted by atomic mass is 32.2. The Morgan fingerprint density at radius 1 is 1.26 bits per heavy atom. The van der Waals surface area contributed by atoms with Gasteiger partial charge in [0, 0.05) is 18.4 Å². The highest BCUT2D eigenvalue weighted by Crippen LogP contribution is 2.30. The van der Waals surface area contributed by atoms with Crippen LogP contribution >= 0.6 is 0 Å². The molecular formula is C13H15N3O2S. The third-order valence-electron chi connectivity index (χ3n) is 3.22. The highest BCUT2D eigenvalue weighted by molar-refractivity contribution is 7.90. The molecule has 1 fully saturated rings. The maximum Gasteiger partial charge on any atom is 0.181 e. The van der Waals surface area contributed by atoms with E-state index in [4.69, 9.17) is 0 Å². The lowest BCUT2D eigenvalue weighted by Gasteiger charge is -2.00. The molecule has 1 heterocycles. The van der Waals surface area contributed by atoms with E-state index in [9.17, 15) is 8.42 Å². The van der Waals surface area contributed by atoms with Crippen molar-refractivity contribution < 1.29 is 8.42 Å². The molecule has 1 saturated carbocycles. The minimum Gasteiger partial charge on any atom is -0.252 e. The zero-order chi connectivity index (χ0) is 13.5. The van der Waals surface area contributed by atoms with Gasteiger partial charge in [-0.1, -0.05) is 0 Å². The quantitative estimate of drug-likeness (QED) is 0.854. The van der Waals surface area contributed by atoms with Crippen LogP contribution in [-0.4, -0.2) is 29.4 Å². The summed E-state index contributed by atoms with van der Waals surface area (Å²) in [4.78, 5) is 4.58. The third kappa shape index (κ3) is 2.84. The Labute approximate surface area is 112 Å². The normalized spacial score (nSPS) is 15.6. The monoisotopic (exact) mass is 277 g/mol. The Morgan fingerprint density at radius 2 is 1.95 bits per heavy atom. The molecule has 0 radical (unpaired) electrons. The molecule has 6 heteroatoms. The molecule has 0 aliphatic heterocycles. The van der Waals surface area contributed by atoms with Crippen LogP contribution in [0.4, 0.5) is 0 Å². The highest BCUT2D eigenvalue weighted by Gasteiger charge is 2.22. The maximum atomic E-state index is 11.4. The number of hydrogen-bond acceptors (Lipinski definition) is 4. The van der Waals surface area contributed by atoms with Crippen molar-refractivity contribution in [2.75, 3.05) is 6.26 Å². The van der Waals surface area contributed by atoms with E-state index in [1.54, 1.807) is 30.6 Å². The molecule has 0 amide bonds. The lowest BCUT2D eigenvalue weighted by Crippen LogP contribution is -2.00. The number of benzene rings is 1. The van der Waals surface area contributed by atoms with Crippen LogP contribution in [0.2, 0.25) is 0 Å². The molecule has 5 nitrogen and oxygen atoms in total. The average molecular weight is 277 g/mol. The van der Waals surface area contributed by atoms with Gasteiger partial charge in [0.1, 0.15) is 6.33 Å². The first-order chi connectivity index (χ1) is 9.02. The van der Waals surface area contributed by atoms with Gasteiger partial charge in [-0.3, -0.25) is 4.68 Å². The Kier molecular flexibility index (Phi) is 2.89. The van der Waals surface area contributed by atoms with Crippen LogP contribution in [0.3, 0.4) is 0 Å². The van der Waals surface area contributed by atoms with Gasteiger partial charge in [-0.2, -0.15) is 5.10 Å². The molecule has 1 aromatic carbocycles. The largest absolute Gasteiger partial charge is 0.252 e. The second-order valence-electron chi connectivity index (χ2n) is 5.03. The van der Waals surface area contributed by atoms with Crippen LogP contribution in [-0.2, 0) is 16.4 Å². The van der Waals surface area contributed by atoms with Gasteiger partial charge in [-0.25, -0.2) is 13.4 Å². The van der Waals surface area contributed by atoms with Crippen molar-refractivity contribution in [1.82, 2.24) is 14.8 Å². The molecule has 0 saturated heterocycles. The predicted octanol–water partition coefficient (Wildman–Crippen LogP) is 1.76. The van der Waals surface area contributed by atoms with Gasteiger partial charge in [0.2, 0.25) is 0 Å². The Hall–Kier alpha value is -1.69. The third-order valence-corrected chi connectivity index (χ3v) is 4.35. The van der Waals surface area contributed by atoms with Gasteiger partial charge in [0.05, 0.1) is 4.90 Å². The molecule has 19 heavy (non-hydrogen) atoms. The maximum absolute atomic E-state index is 11.4. The topological polar surface area (TPSA) is 64.8 Å². The lowest BCUT2D eigenvalue weighted by atomic mass is 10.2. The number of hydrogen-bond donors (Lipinski definition) is 0. The summed E-state index contributed by atoms with van der Waals surface area (Å²) in [5.41, 5.74) is 0.835. The van der Waals surface area contributed by atoms with E-state index in [0.717, 1.165) is 18.0 Å². The minimum atomic E-state index is -3.15. The van der Waals surface area contributed by atoms with E-state index >= 15 is 0 Å². The van der Waals surface area contributed by atoms with Gasteiger partial charge >= 0.3 is 0 Å². The van der Waals surface area contributed by atoms with E-state index in [2.05, 4.69) is 10.1 Å². The number of aromatic nitrogens is 3. The van der Waals surface area contributed by atoms with Gasteiger partial charge in [-0.05, 0) is 43.0 Å². The molecule has 2 aromatic rings. The molecule has 100 valence electrons. The van der Waals surface area contributed by atoms with Crippen molar-refractivity contribution in [2.24, 2.45) is 5.92 Å². The smallest absolute Gasteiger partial charge is 0.181 e. The average Bonchev–Trinajstić information content (AvgIpc) is 3.04. The number of nitrogens with zero attached hydrogens (tertiary/aromatic N) is 3. The van der Waals surface area contributed by atoms with E-state index in [-0.39, 0.29) is 0 Å². The van der Waals surface area contributed by atoms with E-state index in [1.165, 1.54) is 19.1 Å². The van der Waals surface area contributed by atoms with E-state index in [0.29, 0.717) is 10.7 Å². The number of rotatable bonds is 4. The van der Waals surface area contributed by atoms with Gasteiger partial charge in [-0.15, -0.1) is 0 Å². The first kappa shape index (κ1) is 12.3. The number of sulfone groups is 1.